The molecule has 3 unspecified atom stereocenters. The van der Waals surface area contributed by atoms with Crippen LogP contribution in [0.5, 0.6) is 0 Å². The van der Waals surface area contributed by atoms with Crippen molar-refractivity contribution in [3.8, 4) is 0 Å². The average molecular weight is 265 g/mol. The second-order valence-corrected chi connectivity index (χ2v) is 6.88. The van der Waals surface area contributed by atoms with Crippen molar-refractivity contribution < 1.29 is 0 Å². The summed E-state index contributed by atoms with van der Waals surface area (Å²) in [6, 6.07) is 1.64. The van der Waals surface area contributed by atoms with Crippen molar-refractivity contribution >= 4 is 0 Å². The lowest BCUT2D eigenvalue weighted by molar-refractivity contribution is 0.123. The van der Waals surface area contributed by atoms with Gasteiger partial charge in [0.1, 0.15) is 0 Å². The van der Waals surface area contributed by atoms with E-state index in [2.05, 4.69) is 9.80 Å². The molecule has 1 aliphatic carbocycles. The molecule has 3 rings (SSSR count). The number of fused-ring (bicyclic) bond motifs is 1. The summed E-state index contributed by atoms with van der Waals surface area (Å²) in [7, 11) is 0. The number of rotatable bonds is 2. The molecule has 0 bridgehead atoms. The van der Waals surface area contributed by atoms with Gasteiger partial charge in [0.05, 0.1) is 0 Å². The van der Waals surface area contributed by atoms with Crippen LogP contribution in [-0.4, -0.2) is 54.6 Å². The molecule has 0 aromatic heterocycles. The highest BCUT2D eigenvalue weighted by atomic mass is 15.3. The Morgan fingerprint density at radius 3 is 2.47 bits per heavy atom. The molecular formula is C16H31N3. The van der Waals surface area contributed by atoms with E-state index in [0.29, 0.717) is 0 Å². The first-order valence-electron chi connectivity index (χ1n) is 8.56. The normalized spacial score (nSPS) is 38.7. The van der Waals surface area contributed by atoms with Gasteiger partial charge in [-0.2, -0.15) is 0 Å². The lowest BCUT2D eigenvalue weighted by Gasteiger charge is -2.36. The van der Waals surface area contributed by atoms with Crippen molar-refractivity contribution in [2.45, 2.75) is 63.5 Å². The molecule has 1 saturated carbocycles. The van der Waals surface area contributed by atoms with Gasteiger partial charge >= 0.3 is 0 Å². The minimum absolute atomic E-state index is 0.760. The maximum atomic E-state index is 6.08. The van der Waals surface area contributed by atoms with Gasteiger partial charge in [0.15, 0.2) is 0 Å². The highest BCUT2D eigenvalue weighted by Gasteiger charge is 2.34. The van der Waals surface area contributed by atoms with Crippen LogP contribution < -0.4 is 5.73 Å². The monoisotopic (exact) mass is 265 g/mol. The predicted molar refractivity (Wildman–Crippen MR) is 80.2 cm³/mol. The molecule has 0 aromatic carbocycles. The van der Waals surface area contributed by atoms with Crippen LogP contribution in [0.1, 0.15) is 51.4 Å². The van der Waals surface area contributed by atoms with Crippen LogP contribution in [0.4, 0.5) is 0 Å². The Morgan fingerprint density at radius 2 is 1.58 bits per heavy atom. The van der Waals surface area contributed by atoms with Gasteiger partial charge in [0.25, 0.3) is 0 Å². The minimum atomic E-state index is 0.760. The van der Waals surface area contributed by atoms with Gasteiger partial charge in [-0.1, -0.05) is 19.3 Å². The summed E-state index contributed by atoms with van der Waals surface area (Å²) >= 11 is 0. The van der Waals surface area contributed by atoms with Gasteiger partial charge < -0.3 is 5.73 Å². The molecular weight excluding hydrogens is 234 g/mol. The van der Waals surface area contributed by atoms with E-state index in [9.17, 15) is 0 Å². The average Bonchev–Trinajstić information content (AvgIpc) is 2.66. The topological polar surface area (TPSA) is 32.5 Å². The smallest absolute Gasteiger partial charge is 0.0223 e. The van der Waals surface area contributed by atoms with Crippen LogP contribution in [0.15, 0.2) is 0 Å². The van der Waals surface area contributed by atoms with E-state index in [1.807, 2.05) is 0 Å². The van der Waals surface area contributed by atoms with E-state index in [0.717, 1.165) is 24.5 Å². The summed E-state index contributed by atoms with van der Waals surface area (Å²) in [5.74, 6) is 0.760. The molecule has 0 aromatic rings. The lowest BCUT2D eigenvalue weighted by atomic mass is 9.93. The standard InChI is InChI=1S/C16H31N3/c17-12-14-6-2-1-3-8-16(14)19-11-5-10-18-9-4-7-15(18)13-19/h14-16H,1-13,17H2. The van der Waals surface area contributed by atoms with Gasteiger partial charge in [0.2, 0.25) is 0 Å². The second-order valence-electron chi connectivity index (χ2n) is 6.88. The third-order valence-corrected chi connectivity index (χ3v) is 5.73. The van der Waals surface area contributed by atoms with Gasteiger partial charge in [-0.3, -0.25) is 9.80 Å². The molecule has 2 heterocycles. The van der Waals surface area contributed by atoms with Crippen molar-refractivity contribution in [1.82, 2.24) is 9.80 Å². The summed E-state index contributed by atoms with van der Waals surface area (Å²) in [5, 5.41) is 0. The predicted octanol–water partition coefficient (Wildman–Crippen LogP) is 2.06. The van der Waals surface area contributed by atoms with E-state index in [1.165, 1.54) is 77.5 Å². The first kappa shape index (κ1) is 13.8. The molecule has 110 valence electrons. The lowest BCUT2D eigenvalue weighted by Crippen LogP contribution is -2.46. The molecule has 3 fully saturated rings. The number of nitrogens with zero attached hydrogens (tertiary/aromatic N) is 2. The van der Waals surface area contributed by atoms with Crippen LogP contribution in [0, 0.1) is 5.92 Å². The van der Waals surface area contributed by atoms with Gasteiger partial charge in [-0.05, 0) is 64.2 Å². The summed E-state index contributed by atoms with van der Waals surface area (Å²) in [5.41, 5.74) is 6.08. The van der Waals surface area contributed by atoms with Crippen molar-refractivity contribution in [2.75, 3.05) is 32.7 Å². The van der Waals surface area contributed by atoms with E-state index >= 15 is 0 Å². The molecule has 2 N–H and O–H groups in total. The van der Waals surface area contributed by atoms with Crippen LogP contribution in [-0.2, 0) is 0 Å². The number of hydrogen-bond acceptors (Lipinski definition) is 3. The number of hydrogen-bond donors (Lipinski definition) is 1. The molecule has 3 nitrogen and oxygen atoms in total. The van der Waals surface area contributed by atoms with Crippen LogP contribution >= 0.6 is 0 Å². The summed E-state index contributed by atoms with van der Waals surface area (Å²) in [6.07, 6.45) is 11.2. The fourth-order valence-corrected chi connectivity index (χ4v) is 4.66. The summed E-state index contributed by atoms with van der Waals surface area (Å²) < 4.78 is 0. The fourth-order valence-electron chi connectivity index (χ4n) is 4.66. The molecule has 19 heavy (non-hydrogen) atoms. The Labute approximate surface area is 118 Å². The van der Waals surface area contributed by atoms with Crippen molar-refractivity contribution in [2.24, 2.45) is 11.7 Å². The fraction of sp³-hybridized carbons (Fsp3) is 1.00. The van der Waals surface area contributed by atoms with E-state index in [-0.39, 0.29) is 0 Å². The third kappa shape index (κ3) is 3.14. The first-order valence-corrected chi connectivity index (χ1v) is 8.56. The van der Waals surface area contributed by atoms with E-state index in [1.54, 1.807) is 0 Å². The zero-order valence-corrected chi connectivity index (χ0v) is 12.4. The summed E-state index contributed by atoms with van der Waals surface area (Å²) in [4.78, 5) is 5.58. The van der Waals surface area contributed by atoms with Crippen LogP contribution in [0.2, 0.25) is 0 Å². The Kier molecular flexibility index (Phi) is 4.78. The highest BCUT2D eigenvalue weighted by molar-refractivity contribution is 4.90. The highest BCUT2D eigenvalue weighted by Crippen LogP contribution is 2.30. The molecule has 3 aliphatic rings. The molecule has 2 aliphatic heterocycles. The largest absolute Gasteiger partial charge is 0.330 e. The second kappa shape index (κ2) is 6.55. The van der Waals surface area contributed by atoms with Gasteiger partial charge in [-0.15, -0.1) is 0 Å². The molecule has 0 spiro atoms. The van der Waals surface area contributed by atoms with Gasteiger partial charge in [0, 0.05) is 18.6 Å². The number of nitrogens with two attached hydrogens (primary N) is 1. The maximum Gasteiger partial charge on any atom is 0.0223 e. The van der Waals surface area contributed by atoms with Gasteiger partial charge in [-0.25, -0.2) is 0 Å². The van der Waals surface area contributed by atoms with E-state index in [4.69, 9.17) is 5.73 Å². The Balaban J connectivity index is 1.68. The zero-order valence-electron chi connectivity index (χ0n) is 12.4. The molecule has 0 amide bonds. The quantitative estimate of drug-likeness (QED) is 0.776. The molecule has 3 heteroatoms. The Bertz CT molecular complexity index is 281. The van der Waals surface area contributed by atoms with Crippen molar-refractivity contribution in [3.63, 3.8) is 0 Å². The molecule has 3 atom stereocenters. The Hall–Kier alpha value is -0.120. The molecule has 0 radical (unpaired) electrons. The summed E-state index contributed by atoms with van der Waals surface area (Å²) in [6.45, 7) is 6.22. The van der Waals surface area contributed by atoms with Crippen LogP contribution in [0.25, 0.3) is 0 Å². The van der Waals surface area contributed by atoms with Crippen molar-refractivity contribution in [3.05, 3.63) is 0 Å². The third-order valence-electron chi connectivity index (χ3n) is 5.73. The maximum absolute atomic E-state index is 6.08. The van der Waals surface area contributed by atoms with Crippen molar-refractivity contribution in [1.29, 1.82) is 0 Å². The van der Waals surface area contributed by atoms with E-state index < -0.39 is 0 Å². The SMILES string of the molecule is NCC1CCCCCC1N1CCCN2CCCC2C1. The Morgan fingerprint density at radius 1 is 0.789 bits per heavy atom. The first-order chi connectivity index (χ1) is 9.38. The minimum Gasteiger partial charge on any atom is -0.330 e. The van der Waals surface area contributed by atoms with Crippen LogP contribution in [0.3, 0.4) is 0 Å². The zero-order chi connectivity index (χ0) is 13.1. The molecule has 2 saturated heterocycles.